The minimum absolute atomic E-state index is 0.0303. The Morgan fingerprint density at radius 2 is 2.12 bits per heavy atom. The van der Waals surface area contributed by atoms with Crippen molar-refractivity contribution in [3.8, 4) is 5.75 Å². The zero-order valence-electron chi connectivity index (χ0n) is 14.8. The zero-order chi connectivity index (χ0) is 18.7. The van der Waals surface area contributed by atoms with E-state index >= 15 is 0 Å². The maximum Gasteiger partial charge on any atom is 0.337 e. The topological polar surface area (TPSA) is 83.0 Å². The molecule has 7 nitrogen and oxygen atoms in total. The van der Waals surface area contributed by atoms with Gasteiger partial charge in [-0.2, -0.15) is 0 Å². The Bertz CT molecular complexity index is 824. The minimum Gasteiger partial charge on any atom is -0.497 e. The van der Waals surface area contributed by atoms with Crippen molar-refractivity contribution in [3.63, 3.8) is 0 Å². The van der Waals surface area contributed by atoms with Crippen molar-refractivity contribution in [2.24, 2.45) is 0 Å². The van der Waals surface area contributed by atoms with E-state index in [1.165, 1.54) is 6.07 Å². The number of rotatable bonds is 5. The molecule has 1 aromatic heterocycles. The van der Waals surface area contributed by atoms with E-state index in [-0.39, 0.29) is 17.5 Å². The molecule has 0 radical (unpaired) electrons. The van der Waals surface area contributed by atoms with E-state index in [0.717, 1.165) is 5.69 Å². The van der Waals surface area contributed by atoms with Gasteiger partial charge in [-0.3, -0.25) is 14.7 Å². The van der Waals surface area contributed by atoms with Crippen LogP contribution in [0, 0.1) is 0 Å². The Kier molecular flexibility index (Phi) is 5.18. The summed E-state index contributed by atoms with van der Waals surface area (Å²) < 4.78 is 5.23. The fraction of sp³-hybridized carbons (Fsp3) is 0.316. The lowest BCUT2D eigenvalue weighted by Gasteiger charge is -2.39. The summed E-state index contributed by atoms with van der Waals surface area (Å²) in [7, 11) is 1.59. The molecular formula is C19H21N3O4. The Labute approximate surface area is 151 Å². The molecule has 1 amide bonds. The quantitative estimate of drug-likeness (QED) is 0.884. The molecule has 1 N–H and O–H groups in total. The summed E-state index contributed by atoms with van der Waals surface area (Å²) in [6.07, 6.45) is 1.57. The number of carbonyl (C=O) groups is 2. The molecule has 1 aliphatic rings. The Hall–Kier alpha value is -2.93. The predicted octanol–water partition coefficient (Wildman–Crippen LogP) is 2.03. The summed E-state index contributed by atoms with van der Waals surface area (Å²) in [5.41, 5.74) is 1.43. The number of methoxy groups -OCH3 is 1. The maximum absolute atomic E-state index is 12.9. The van der Waals surface area contributed by atoms with Crippen molar-refractivity contribution in [2.75, 3.05) is 25.1 Å². The van der Waals surface area contributed by atoms with Gasteiger partial charge >= 0.3 is 5.97 Å². The number of hydrogen-bond acceptors (Lipinski definition) is 5. The van der Waals surface area contributed by atoms with E-state index in [1.807, 2.05) is 36.1 Å². The van der Waals surface area contributed by atoms with Gasteiger partial charge in [0.1, 0.15) is 5.75 Å². The smallest absolute Gasteiger partial charge is 0.337 e. The van der Waals surface area contributed by atoms with E-state index in [0.29, 0.717) is 31.1 Å². The molecule has 1 fully saturated rings. The minimum atomic E-state index is -1.01. The van der Waals surface area contributed by atoms with E-state index in [2.05, 4.69) is 4.98 Å². The number of nitrogens with zero attached hydrogens (tertiary/aromatic N) is 3. The van der Waals surface area contributed by atoms with Crippen LogP contribution >= 0.6 is 0 Å². The first-order valence-electron chi connectivity index (χ1n) is 8.38. The second-order valence-corrected chi connectivity index (χ2v) is 6.14. The van der Waals surface area contributed by atoms with Crippen molar-refractivity contribution < 1.29 is 19.4 Å². The van der Waals surface area contributed by atoms with Gasteiger partial charge < -0.3 is 14.7 Å². The molecule has 0 bridgehead atoms. The highest BCUT2D eigenvalue weighted by Crippen LogP contribution is 2.25. The molecule has 2 aromatic rings. The van der Waals surface area contributed by atoms with E-state index in [1.54, 1.807) is 24.3 Å². The van der Waals surface area contributed by atoms with Crippen LogP contribution in [0.15, 0.2) is 42.6 Å². The van der Waals surface area contributed by atoms with Gasteiger partial charge in [-0.1, -0.05) is 6.07 Å². The molecule has 0 saturated carbocycles. The third-order valence-corrected chi connectivity index (χ3v) is 4.62. The van der Waals surface area contributed by atoms with Crippen LogP contribution in [0.2, 0.25) is 0 Å². The summed E-state index contributed by atoms with van der Waals surface area (Å²) >= 11 is 0. The molecule has 0 aliphatic carbocycles. The van der Waals surface area contributed by atoms with Crippen molar-refractivity contribution in [2.45, 2.75) is 19.5 Å². The summed E-state index contributed by atoms with van der Waals surface area (Å²) in [4.78, 5) is 32.1. The maximum atomic E-state index is 12.9. The van der Waals surface area contributed by atoms with Crippen LogP contribution in [-0.4, -0.2) is 53.1 Å². The molecule has 1 saturated heterocycles. The van der Waals surface area contributed by atoms with E-state index in [9.17, 15) is 14.7 Å². The van der Waals surface area contributed by atoms with Crippen LogP contribution in [0.4, 0.5) is 5.69 Å². The number of hydrogen-bond donors (Lipinski definition) is 1. The van der Waals surface area contributed by atoms with Crippen LogP contribution < -0.4 is 9.64 Å². The molecular weight excluding hydrogens is 334 g/mol. The van der Waals surface area contributed by atoms with Crippen molar-refractivity contribution in [1.82, 2.24) is 9.88 Å². The molecule has 136 valence electrons. The molecule has 3 rings (SSSR count). The number of anilines is 1. The number of amides is 1. The highest BCUT2D eigenvalue weighted by molar-refractivity contribution is 5.98. The second kappa shape index (κ2) is 7.53. The fourth-order valence-electron chi connectivity index (χ4n) is 3.12. The average molecular weight is 355 g/mol. The third kappa shape index (κ3) is 3.52. The fourth-order valence-corrected chi connectivity index (χ4v) is 3.12. The lowest BCUT2D eigenvalue weighted by Crippen LogP contribution is -2.55. The molecule has 2 heterocycles. The normalized spacial score (nSPS) is 18.0. The summed E-state index contributed by atoms with van der Waals surface area (Å²) in [6, 6.07) is 10.2. The molecule has 0 spiro atoms. The predicted molar refractivity (Wildman–Crippen MR) is 96.4 cm³/mol. The average Bonchev–Trinajstić information content (AvgIpc) is 2.66. The third-order valence-electron chi connectivity index (χ3n) is 4.62. The molecule has 1 atom stereocenters. The number of carboxylic acid groups (broad SMARTS) is 1. The molecule has 1 unspecified atom stereocenters. The lowest BCUT2D eigenvalue weighted by atomic mass is 10.1. The summed E-state index contributed by atoms with van der Waals surface area (Å²) in [5.74, 6) is -0.343. The van der Waals surface area contributed by atoms with Crippen LogP contribution in [-0.2, 0) is 11.3 Å². The van der Waals surface area contributed by atoms with Crippen LogP contribution in [0.5, 0.6) is 5.75 Å². The SMILES string of the molecule is COc1cccc(N2CCN(Cc3ncccc3C(=O)O)C(C)C2=O)c1. The van der Waals surface area contributed by atoms with Gasteiger partial charge in [0.2, 0.25) is 5.91 Å². The zero-order valence-corrected chi connectivity index (χ0v) is 14.8. The van der Waals surface area contributed by atoms with Crippen LogP contribution in [0.1, 0.15) is 23.0 Å². The summed E-state index contributed by atoms with van der Waals surface area (Å²) in [5, 5.41) is 9.31. The Morgan fingerprint density at radius 3 is 2.85 bits per heavy atom. The van der Waals surface area contributed by atoms with Crippen molar-refractivity contribution in [1.29, 1.82) is 0 Å². The van der Waals surface area contributed by atoms with Crippen LogP contribution in [0.3, 0.4) is 0 Å². The number of aromatic nitrogens is 1. The van der Waals surface area contributed by atoms with E-state index in [4.69, 9.17) is 4.74 Å². The van der Waals surface area contributed by atoms with Crippen LogP contribution in [0.25, 0.3) is 0 Å². The van der Waals surface area contributed by atoms with E-state index < -0.39 is 5.97 Å². The van der Waals surface area contributed by atoms with Gasteiger partial charge in [0, 0.05) is 37.6 Å². The first-order chi connectivity index (χ1) is 12.5. The lowest BCUT2D eigenvalue weighted by molar-refractivity contribution is -0.125. The number of pyridine rings is 1. The number of benzene rings is 1. The van der Waals surface area contributed by atoms with Crippen molar-refractivity contribution in [3.05, 3.63) is 53.9 Å². The molecule has 26 heavy (non-hydrogen) atoms. The van der Waals surface area contributed by atoms with Gasteiger partial charge in [0.15, 0.2) is 0 Å². The number of piperazine rings is 1. The highest BCUT2D eigenvalue weighted by atomic mass is 16.5. The number of carbonyl (C=O) groups excluding carboxylic acids is 1. The number of aromatic carboxylic acids is 1. The molecule has 7 heteroatoms. The van der Waals surface area contributed by atoms with Crippen molar-refractivity contribution >= 4 is 17.6 Å². The standard InChI is InChI=1S/C19H21N3O4/c1-13-18(23)22(14-5-3-6-15(11-14)26-2)10-9-21(13)12-17-16(19(24)25)7-4-8-20-17/h3-8,11,13H,9-10,12H2,1-2H3,(H,24,25). The van der Waals surface area contributed by atoms with Gasteiger partial charge in [-0.25, -0.2) is 4.79 Å². The number of ether oxygens (including phenoxy) is 1. The summed E-state index contributed by atoms with van der Waals surface area (Å²) in [6.45, 7) is 3.30. The van der Waals surface area contributed by atoms with Gasteiger partial charge in [-0.15, -0.1) is 0 Å². The van der Waals surface area contributed by atoms with Gasteiger partial charge in [0.05, 0.1) is 24.4 Å². The number of carboxylic acids is 1. The first kappa shape index (κ1) is 17.9. The second-order valence-electron chi connectivity index (χ2n) is 6.14. The highest BCUT2D eigenvalue weighted by Gasteiger charge is 2.33. The van der Waals surface area contributed by atoms with Gasteiger partial charge in [-0.05, 0) is 31.2 Å². The monoisotopic (exact) mass is 355 g/mol. The molecule has 1 aliphatic heterocycles. The van der Waals surface area contributed by atoms with Gasteiger partial charge in [0.25, 0.3) is 0 Å². The first-order valence-corrected chi connectivity index (χ1v) is 8.38. The Morgan fingerprint density at radius 1 is 1.31 bits per heavy atom. The largest absolute Gasteiger partial charge is 0.497 e. The Balaban J connectivity index is 1.77. The molecule has 1 aromatic carbocycles.